The van der Waals surface area contributed by atoms with Gasteiger partial charge in [-0.1, -0.05) is 0 Å². The van der Waals surface area contributed by atoms with Gasteiger partial charge < -0.3 is 9.47 Å². The van der Waals surface area contributed by atoms with Gasteiger partial charge in [0.15, 0.2) is 6.23 Å². The highest BCUT2D eigenvalue weighted by atomic mass is 16.5. The third-order valence-corrected chi connectivity index (χ3v) is 4.99. The fraction of sp³-hybridized carbons (Fsp3) is 0.611. The van der Waals surface area contributed by atoms with Crippen molar-refractivity contribution in [3.63, 3.8) is 0 Å². The summed E-state index contributed by atoms with van der Waals surface area (Å²) in [5, 5.41) is 0. The highest BCUT2D eigenvalue weighted by molar-refractivity contribution is 5.89. The van der Waals surface area contributed by atoms with E-state index < -0.39 is 0 Å². The molecule has 1 aromatic heterocycles. The highest BCUT2D eigenvalue weighted by Crippen LogP contribution is 2.32. The van der Waals surface area contributed by atoms with Gasteiger partial charge in [-0.25, -0.2) is 4.79 Å². The molecule has 0 amide bonds. The van der Waals surface area contributed by atoms with Crippen molar-refractivity contribution in [2.24, 2.45) is 5.92 Å². The Hall–Kier alpha value is -1.95. The smallest absolute Gasteiger partial charge is 0.339 e. The third-order valence-electron chi connectivity index (χ3n) is 4.99. The zero-order valence-corrected chi connectivity index (χ0v) is 13.8. The Balaban J connectivity index is 1.51. The number of hydrogen-bond donors (Lipinski definition) is 0. The molecule has 0 spiro atoms. The van der Waals surface area contributed by atoms with Crippen LogP contribution in [0.25, 0.3) is 0 Å². The second-order valence-corrected chi connectivity index (χ2v) is 6.55. The molecule has 6 nitrogen and oxygen atoms in total. The normalized spacial score (nSPS) is 25.8. The molecule has 1 unspecified atom stereocenters. The molecule has 1 saturated carbocycles. The van der Waals surface area contributed by atoms with Crippen molar-refractivity contribution in [1.82, 2.24) is 9.88 Å². The largest absolute Gasteiger partial charge is 0.459 e. The van der Waals surface area contributed by atoms with Gasteiger partial charge in [0.1, 0.15) is 6.10 Å². The molecule has 130 valence electrons. The molecule has 0 bridgehead atoms. The summed E-state index contributed by atoms with van der Waals surface area (Å²) in [5.74, 6) is 0.00780. The number of ether oxygens (including phenoxy) is 2. The number of hydrogen-bond acceptors (Lipinski definition) is 6. The first-order valence-corrected chi connectivity index (χ1v) is 8.72. The van der Waals surface area contributed by atoms with Gasteiger partial charge in [-0.05, 0) is 50.7 Å². The summed E-state index contributed by atoms with van der Waals surface area (Å²) in [6.45, 7) is 2.56. The predicted molar refractivity (Wildman–Crippen MR) is 87.1 cm³/mol. The molecule has 6 heteroatoms. The van der Waals surface area contributed by atoms with E-state index in [-0.39, 0.29) is 18.3 Å². The Morgan fingerprint density at radius 1 is 1.25 bits per heavy atom. The fourth-order valence-electron chi connectivity index (χ4n) is 3.74. The van der Waals surface area contributed by atoms with Crippen LogP contribution in [0.4, 0.5) is 0 Å². The van der Waals surface area contributed by atoms with E-state index in [2.05, 4.69) is 9.88 Å². The van der Waals surface area contributed by atoms with E-state index in [1.165, 1.54) is 6.20 Å². The van der Waals surface area contributed by atoms with Crippen molar-refractivity contribution in [2.75, 3.05) is 13.1 Å². The van der Waals surface area contributed by atoms with Crippen LogP contribution >= 0.6 is 0 Å². The average Bonchev–Trinajstić information content (AvgIpc) is 3.15. The van der Waals surface area contributed by atoms with E-state index in [1.807, 2.05) is 0 Å². The van der Waals surface area contributed by atoms with Crippen molar-refractivity contribution in [3.8, 4) is 0 Å². The maximum absolute atomic E-state index is 12.1. The highest BCUT2D eigenvalue weighted by Gasteiger charge is 2.34. The lowest BCUT2D eigenvalue weighted by Crippen LogP contribution is -2.43. The van der Waals surface area contributed by atoms with Gasteiger partial charge in [0.05, 0.1) is 5.56 Å². The van der Waals surface area contributed by atoms with Gasteiger partial charge in [-0.15, -0.1) is 0 Å². The minimum absolute atomic E-state index is 0.0654. The van der Waals surface area contributed by atoms with E-state index in [9.17, 15) is 9.59 Å². The molecule has 1 aliphatic heterocycles. The molecular weight excluding hydrogens is 308 g/mol. The van der Waals surface area contributed by atoms with Crippen LogP contribution in [0.5, 0.6) is 0 Å². The van der Waals surface area contributed by atoms with Gasteiger partial charge in [0.2, 0.25) is 0 Å². The van der Waals surface area contributed by atoms with Crippen LogP contribution in [0.2, 0.25) is 0 Å². The Bertz CT molecular complexity index is 537. The Kier molecular flexibility index (Phi) is 5.80. The second-order valence-electron chi connectivity index (χ2n) is 6.55. The zero-order chi connectivity index (χ0) is 16.8. The topological polar surface area (TPSA) is 68.7 Å². The predicted octanol–water partition coefficient (Wildman–Crippen LogP) is 2.39. The summed E-state index contributed by atoms with van der Waals surface area (Å²) in [4.78, 5) is 29.2. The first-order chi connectivity index (χ1) is 11.8. The van der Waals surface area contributed by atoms with Crippen LogP contribution in [0.15, 0.2) is 24.5 Å². The summed E-state index contributed by atoms with van der Waals surface area (Å²) in [7, 11) is 0. The first-order valence-electron chi connectivity index (χ1n) is 8.72. The minimum Gasteiger partial charge on any atom is -0.459 e. The van der Waals surface area contributed by atoms with Crippen LogP contribution in [-0.2, 0) is 14.3 Å². The number of carbonyl (C=O) groups excluding carboxylic acids is 2. The molecule has 0 aromatic carbocycles. The molecule has 2 heterocycles. The molecule has 1 aliphatic carbocycles. The van der Waals surface area contributed by atoms with Crippen molar-refractivity contribution in [1.29, 1.82) is 0 Å². The lowest BCUT2D eigenvalue weighted by Gasteiger charge is -2.36. The summed E-state index contributed by atoms with van der Waals surface area (Å²) < 4.78 is 11.0. The second kappa shape index (κ2) is 8.24. The summed E-state index contributed by atoms with van der Waals surface area (Å²) in [6.07, 6.45) is 8.72. The van der Waals surface area contributed by atoms with Crippen LogP contribution in [0, 0.1) is 5.92 Å². The molecule has 1 atom stereocenters. The molecular formula is C18H24N2O4. The SMILES string of the molecule is O=COC(C1CCC(OC(=O)c2cccnc2)CC1)N1CCCC1. The van der Waals surface area contributed by atoms with Crippen LogP contribution in [0.1, 0.15) is 48.9 Å². The standard InChI is InChI=1S/C18H24N2O4/c21-13-23-17(20-10-1-2-11-20)14-5-7-16(8-6-14)24-18(22)15-4-3-9-19-12-15/h3-4,9,12-14,16-17H,1-2,5-8,10-11H2. The van der Waals surface area contributed by atoms with Gasteiger partial charge in [0, 0.05) is 31.4 Å². The van der Waals surface area contributed by atoms with Crippen LogP contribution in [-0.4, -0.2) is 47.7 Å². The summed E-state index contributed by atoms with van der Waals surface area (Å²) in [6, 6.07) is 3.44. The van der Waals surface area contributed by atoms with E-state index in [4.69, 9.17) is 9.47 Å². The van der Waals surface area contributed by atoms with Crippen molar-refractivity contribution >= 4 is 12.4 Å². The maximum Gasteiger partial charge on any atom is 0.339 e. The van der Waals surface area contributed by atoms with Gasteiger partial charge in [-0.2, -0.15) is 0 Å². The zero-order valence-electron chi connectivity index (χ0n) is 13.8. The number of esters is 1. The first kappa shape index (κ1) is 16.9. The number of rotatable bonds is 6. The molecule has 3 rings (SSSR count). The van der Waals surface area contributed by atoms with E-state index in [1.54, 1.807) is 18.3 Å². The lowest BCUT2D eigenvalue weighted by molar-refractivity contribution is -0.150. The third kappa shape index (κ3) is 4.12. The molecule has 2 fully saturated rings. The van der Waals surface area contributed by atoms with Crippen molar-refractivity contribution in [3.05, 3.63) is 30.1 Å². The lowest BCUT2D eigenvalue weighted by atomic mass is 9.85. The number of likely N-dealkylation sites (tertiary alicyclic amines) is 1. The average molecular weight is 332 g/mol. The molecule has 2 aliphatic rings. The fourth-order valence-corrected chi connectivity index (χ4v) is 3.74. The van der Waals surface area contributed by atoms with Crippen LogP contribution in [0.3, 0.4) is 0 Å². The monoisotopic (exact) mass is 332 g/mol. The molecule has 24 heavy (non-hydrogen) atoms. The number of pyridine rings is 1. The minimum atomic E-state index is -0.313. The van der Waals surface area contributed by atoms with Gasteiger partial charge in [-0.3, -0.25) is 14.7 Å². The van der Waals surface area contributed by atoms with Gasteiger partial charge >= 0.3 is 5.97 Å². The van der Waals surface area contributed by atoms with E-state index in [0.29, 0.717) is 18.0 Å². The maximum atomic E-state index is 12.1. The molecule has 1 aromatic rings. The van der Waals surface area contributed by atoms with Gasteiger partial charge in [0.25, 0.3) is 6.47 Å². The Morgan fingerprint density at radius 3 is 2.62 bits per heavy atom. The number of aromatic nitrogens is 1. The summed E-state index contributed by atoms with van der Waals surface area (Å²) in [5.41, 5.74) is 0.485. The molecule has 1 saturated heterocycles. The van der Waals surface area contributed by atoms with E-state index in [0.717, 1.165) is 51.6 Å². The Morgan fingerprint density at radius 2 is 2.00 bits per heavy atom. The quantitative estimate of drug-likeness (QED) is 0.588. The van der Waals surface area contributed by atoms with E-state index >= 15 is 0 Å². The summed E-state index contributed by atoms with van der Waals surface area (Å²) >= 11 is 0. The Labute approximate surface area is 142 Å². The number of carbonyl (C=O) groups is 2. The van der Waals surface area contributed by atoms with Crippen LogP contribution < -0.4 is 0 Å². The number of nitrogens with zero attached hydrogens (tertiary/aromatic N) is 2. The molecule has 0 N–H and O–H groups in total. The molecule has 0 radical (unpaired) electrons. The van der Waals surface area contributed by atoms with Crippen molar-refractivity contribution < 1.29 is 19.1 Å². The van der Waals surface area contributed by atoms with Crippen molar-refractivity contribution in [2.45, 2.75) is 50.9 Å².